The van der Waals surface area contributed by atoms with Crippen LogP contribution in [0, 0.1) is 5.82 Å². The number of carbonyl (C=O) groups is 1. The van der Waals surface area contributed by atoms with Crippen LogP contribution in [-0.2, 0) is 7.05 Å². The number of pyridine rings is 1. The third-order valence-electron chi connectivity index (χ3n) is 3.36. The molecular weight excluding hydrogens is 275 g/mol. The standard InChI is InChI=1S/C15H13FN2O3/c1-17-9-10(2-5-14(17)19)15(20)18-6-7-21-13-8-11(16)3-4-12(13)18/h2-5,8-9H,6-7H2,1H3. The Bertz CT molecular complexity index is 770. The Morgan fingerprint density at radius 3 is 2.86 bits per heavy atom. The van der Waals surface area contributed by atoms with Gasteiger partial charge in [-0.15, -0.1) is 0 Å². The number of aromatic nitrogens is 1. The van der Waals surface area contributed by atoms with E-state index in [2.05, 4.69) is 0 Å². The van der Waals surface area contributed by atoms with Crippen LogP contribution in [-0.4, -0.2) is 23.6 Å². The molecule has 1 aliphatic heterocycles. The molecule has 0 aliphatic carbocycles. The summed E-state index contributed by atoms with van der Waals surface area (Å²) in [5, 5.41) is 0. The number of hydrogen-bond donors (Lipinski definition) is 0. The molecule has 0 saturated heterocycles. The van der Waals surface area contributed by atoms with Gasteiger partial charge in [-0.3, -0.25) is 9.59 Å². The van der Waals surface area contributed by atoms with Crippen LogP contribution in [0.1, 0.15) is 10.4 Å². The fourth-order valence-corrected chi connectivity index (χ4v) is 2.28. The molecule has 0 radical (unpaired) electrons. The number of nitrogens with zero attached hydrogens (tertiary/aromatic N) is 2. The van der Waals surface area contributed by atoms with Gasteiger partial charge in [0.15, 0.2) is 0 Å². The SMILES string of the molecule is Cn1cc(C(=O)N2CCOc3cc(F)ccc32)ccc1=O. The molecule has 5 nitrogen and oxygen atoms in total. The first kappa shape index (κ1) is 13.4. The quantitative estimate of drug-likeness (QED) is 0.800. The Morgan fingerprint density at radius 1 is 1.29 bits per heavy atom. The molecule has 0 spiro atoms. The third-order valence-corrected chi connectivity index (χ3v) is 3.36. The van der Waals surface area contributed by atoms with Crippen LogP contribution < -0.4 is 15.2 Å². The number of hydrogen-bond acceptors (Lipinski definition) is 3. The molecule has 108 valence electrons. The van der Waals surface area contributed by atoms with Gasteiger partial charge < -0.3 is 14.2 Å². The van der Waals surface area contributed by atoms with E-state index in [1.165, 1.54) is 46.0 Å². The topological polar surface area (TPSA) is 51.5 Å². The van der Waals surface area contributed by atoms with Crippen LogP contribution in [0.2, 0.25) is 0 Å². The zero-order chi connectivity index (χ0) is 15.0. The Kier molecular flexibility index (Phi) is 3.21. The van der Waals surface area contributed by atoms with Crippen LogP contribution >= 0.6 is 0 Å². The van der Waals surface area contributed by atoms with Crippen molar-refractivity contribution in [3.05, 3.63) is 58.3 Å². The summed E-state index contributed by atoms with van der Waals surface area (Å²) in [7, 11) is 1.59. The fourth-order valence-electron chi connectivity index (χ4n) is 2.28. The lowest BCUT2D eigenvalue weighted by Gasteiger charge is -2.29. The van der Waals surface area contributed by atoms with Crippen molar-refractivity contribution >= 4 is 11.6 Å². The average molecular weight is 288 g/mol. The predicted molar refractivity (Wildman–Crippen MR) is 75.3 cm³/mol. The molecule has 1 aliphatic rings. The van der Waals surface area contributed by atoms with Crippen molar-refractivity contribution < 1.29 is 13.9 Å². The van der Waals surface area contributed by atoms with Gasteiger partial charge in [-0.2, -0.15) is 0 Å². The smallest absolute Gasteiger partial charge is 0.259 e. The lowest BCUT2D eigenvalue weighted by atomic mass is 10.2. The van der Waals surface area contributed by atoms with Gasteiger partial charge in [0.05, 0.1) is 17.8 Å². The predicted octanol–water partition coefficient (Wildman–Crippen LogP) is 1.56. The van der Waals surface area contributed by atoms with E-state index in [4.69, 9.17) is 4.74 Å². The normalized spacial score (nSPS) is 13.5. The molecule has 0 atom stereocenters. The molecule has 0 N–H and O–H groups in total. The second-order valence-corrected chi connectivity index (χ2v) is 4.78. The minimum atomic E-state index is -0.412. The van der Waals surface area contributed by atoms with Gasteiger partial charge in [0.25, 0.3) is 5.91 Å². The van der Waals surface area contributed by atoms with E-state index < -0.39 is 5.82 Å². The molecule has 3 rings (SSSR count). The van der Waals surface area contributed by atoms with Crippen LogP contribution in [0.5, 0.6) is 5.75 Å². The maximum atomic E-state index is 13.2. The van der Waals surface area contributed by atoms with E-state index in [1.807, 2.05) is 0 Å². The highest BCUT2D eigenvalue weighted by Crippen LogP contribution is 2.32. The summed E-state index contributed by atoms with van der Waals surface area (Å²) in [5.41, 5.74) is 0.742. The highest BCUT2D eigenvalue weighted by molar-refractivity contribution is 6.06. The van der Waals surface area contributed by atoms with Crippen LogP contribution in [0.15, 0.2) is 41.3 Å². The Morgan fingerprint density at radius 2 is 2.10 bits per heavy atom. The molecule has 0 bridgehead atoms. The zero-order valence-corrected chi connectivity index (χ0v) is 11.4. The maximum Gasteiger partial charge on any atom is 0.259 e. The number of anilines is 1. The first-order chi connectivity index (χ1) is 10.1. The summed E-state index contributed by atoms with van der Waals surface area (Å²) in [5.74, 6) is -0.314. The van der Waals surface area contributed by atoms with Crippen molar-refractivity contribution in [2.24, 2.45) is 7.05 Å². The number of rotatable bonds is 1. The number of aryl methyl sites for hydroxylation is 1. The van der Waals surface area contributed by atoms with E-state index in [0.717, 1.165) is 0 Å². The van der Waals surface area contributed by atoms with Crippen LogP contribution in [0.3, 0.4) is 0 Å². The van der Waals surface area contributed by atoms with E-state index in [0.29, 0.717) is 30.2 Å². The van der Waals surface area contributed by atoms with Crippen molar-refractivity contribution in [1.29, 1.82) is 0 Å². The molecule has 0 fully saturated rings. The highest BCUT2D eigenvalue weighted by atomic mass is 19.1. The first-order valence-electron chi connectivity index (χ1n) is 6.47. The molecule has 0 unspecified atom stereocenters. The first-order valence-corrected chi connectivity index (χ1v) is 6.47. The monoisotopic (exact) mass is 288 g/mol. The van der Waals surface area contributed by atoms with Crippen LogP contribution in [0.4, 0.5) is 10.1 Å². The van der Waals surface area contributed by atoms with Gasteiger partial charge in [-0.05, 0) is 18.2 Å². The number of amides is 1. The van der Waals surface area contributed by atoms with Gasteiger partial charge in [0.1, 0.15) is 18.2 Å². The number of benzene rings is 1. The fraction of sp³-hybridized carbons (Fsp3) is 0.200. The van der Waals surface area contributed by atoms with Gasteiger partial charge in [-0.25, -0.2) is 4.39 Å². The lowest BCUT2D eigenvalue weighted by molar-refractivity contribution is 0.0975. The Hall–Kier alpha value is -2.63. The van der Waals surface area contributed by atoms with E-state index >= 15 is 0 Å². The Labute approximate surface area is 120 Å². The molecule has 1 aromatic carbocycles. The van der Waals surface area contributed by atoms with Crippen molar-refractivity contribution in [3.8, 4) is 5.75 Å². The summed E-state index contributed by atoms with van der Waals surface area (Å²) in [4.78, 5) is 25.5. The molecular formula is C15H13FN2O3. The van der Waals surface area contributed by atoms with E-state index in [9.17, 15) is 14.0 Å². The summed E-state index contributed by atoms with van der Waals surface area (Å²) in [6, 6.07) is 6.90. The average Bonchev–Trinajstić information content (AvgIpc) is 2.48. The van der Waals surface area contributed by atoms with Gasteiger partial charge in [0.2, 0.25) is 5.56 Å². The van der Waals surface area contributed by atoms with Gasteiger partial charge in [-0.1, -0.05) is 0 Å². The minimum absolute atomic E-state index is 0.184. The lowest BCUT2D eigenvalue weighted by Crippen LogP contribution is -2.38. The van der Waals surface area contributed by atoms with Crippen molar-refractivity contribution in [1.82, 2.24) is 4.57 Å². The number of ether oxygens (including phenoxy) is 1. The second kappa shape index (κ2) is 5.05. The number of carbonyl (C=O) groups excluding carboxylic acids is 1. The molecule has 1 aromatic heterocycles. The van der Waals surface area contributed by atoms with Crippen molar-refractivity contribution in [2.45, 2.75) is 0 Å². The molecule has 2 heterocycles. The minimum Gasteiger partial charge on any atom is -0.489 e. The van der Waals surface area contributed by atoms with E-state index in [1.54, 1.807) is 7.05 Å². The third kappa shape index (κ3) is 2.40. The summed E-state index contributed by atoms with van der Waals surface area (Å²) in [6.45, 7) is 0.675. The highest BCUT2D eigenvalue weighted by Gasteiger charge is 2.25. The maximum absolute atomic E-state index is 13.2. The molecule has 6 heteroatoms. The second-order valence-electron chi connectivity index (χ2n) is 4.78. The van der Waals surface area contributed by atoms with E-state index in [-0.39, 0.29) is 11.5 Å². The summed E-state index contributed by atoms with van der Waals surface area (Å²) >= 11 is 0. The van der Waals surface area contributed by atoms with Crippen LogP contribution in [0.25, 0.3) is 0 Å². The van der Waals surface area contributed by atoms with Crippen molar-refractivity contribution in [3.63, 3.8) is 0 Å². The number of fused-ring (bicyclic) bond motifs is 1. The Balaban J connectivity index is 2.00. The zero-order valence-electron chi connectivity index (χ0n) is 11.4. The molecule has 1 amide bonds. The largest absolute Gasteiger partial charge is 0.489 e. The molecule has 21 heavy (non-hydrogen) atoms. The summed E-state index contributed by atoms with van der Waals surface area (Å²) < 4.78 is 19.9. The van der Waals surface area contributed by atoms with Gasteiger partial charge in [0, 0.05) is 25.4 Å². The summed E-state index contributed by atoms with van der Waals surface area (Å²) in [6.07, 6.45) is 1.49. The van der Waals surface area contributed by atoms with Gasteiger partial charge >= 0.3 is 0 Å². The number of halogens is 1. The van der Waals surface area contributed by atoms with Crippen molar-refractivity contribution in [2.75, 3.05) is 18.1 Å². The molecule has 2 aromatic rings. The molecule has 0 saturated carbocycles.